The minimum absolute atomic E-state index is 0.00356. The number of amides is 9. The molecule has 9 rings (SSSR count). The Morgan fingerprint density at radius 2 is 0.789 bits per heavy atom. The van der Waals surface area contributed by atoms with Gasteiger partial charge < -0.3 is 76.2 Å². The number of hydrogen-bond acceptors (Lipinski definition) is 17. The summed E-state index contributed by atoms with van der Waals surface area (Å²) in [6, 6.07) is 36.3. The van der Waals surface area contributed by atoms with Crippen molar-refractivity contribution >= 4 is 123 Å². The van der Waals surface area contributed by atoms with Crippen molar-refractivity contribution < 1.29 is 91.5 Å². The van der Waals surface area contributed by atoms with Crippen LogP contribution in [0, 0.1) is 11.8 Å². The molecule has 28 nitrogen and oxygen atoms in total. The summed E-state index contributed by atoms with van der Waals surface area (Å²) >= 11 is 25.8. The third kappa shape index (κ3) is 29.6. The summed E-state index contributed by atoms with van der Waals surface area (Å²) in [5.74, 6) is -11.6. The summed E-state index contributed by atoms with van der Waals surface area (Å²) in [5, 5.41) is 40.4. The van der Waals surface area contributed by atoms with Crippen LogP contribution >= 0.6 is 46.4 Å². The van der Waals surface area contributed by atoms with Crippen molar-refractivity contribution in [1.29, 1.82) is 0 Å². The van der Waals surface area contributed by atoms with E-state index in [4.69, 9.17) is 65.4 Å². The highest BCUT2D eigenvalue weighted by Gasteiger charge is 2.45. The molecule has 9 N–H and O–H groups in total. The topological polar surface area (TPSA) is 390 Å². The van der Waals surface area contributed by atoms with Gasteiger partial charge in [-0.2, -0.15) is 0 Å². The predicted octanol–water partition coefficient (Wildman–Crippen LogP) is 11.0. The molecule has 2 heterocycles. The van der Waals surface area contributed by atoms with Gasteiger partial charge in [0, 0.05) is 82.8 Å². The van der Waals surface area contributed by atoms with Gasteiger partial charge in [-0.3, -0.25) is 57.5 Å². The molecule has 2 aliphatic heterocycles. The molecule has 0 unspecified atom stereocenters. The Morgan fingerprint density at radius 3 is 1.21 bits per heavy atom. The van der Waals surface area contributed by atoms with Crippen LogP contribution in [0.15, 0.2) is 176 Å². The zero-order valence-corrected chi connectivity index (χ0v) is 71.7. The van der Waals surface area contributed by atoms with Crippen LogP contribution in [0.3, 0.4) is 0 Å². The van der Waals surface area contributed by atoms with Crippen LogP contribution in [0.1, 0.15) is 144 Å². The molecule has 2 saturated heterocycles. The predicted molar refractivity (Wildman–Crippen MR) is 459 cm³/mol. The van der Waals surface area contributed by atoms with Crippen molar-refractivity contribution in [3.05, 3.63) is 235 Å². The average Bonchev–Trinajstić information content (AvgIpc) is 1.70. The monoisotopic (exact) mass is 1770 g/mol. The number of hydrogen-bond donors (Lipinski definition) is 9. The van der Waals surface area contributed by atoms with Crippen molar-refractivity contribution in [2.45, 2.75) is 205 Å². The molecule has 2 fully saturated rings. The highest BCUT2D eigenvalue weighted by molar-refractivity contribution is 6.36. The fourth-order valence-electron chi connectivity index (χ4n) is 14.2. The van der Waals surface area contributed by atoms with E-state index in [2.05, 4.69) is 37.2 Å². The van der Waals surface area contributed by atoms with E-state index in [0.29, 0.717) is 77.0 Å². The number of benzene rings is 7. The van der Waals surface area contributed by atoms with Gasteiger partial charge in [0.05, 0.1) is 6.42 Å². The molecule has 654 valence electrons. The molecule has 10 atom stereocenters. The first-order valence-electron chi connectivity index (χ1n) is 40.9. The number of esters is 2. The summed E-state index contributed by atoms with van der Waals surface area (Å²) < 4.78 is 23.3. The molecule has 0 radical (unpaired) electrons. The number of carbonyl (C=O) groups is 13. The number of halogens is 4. The Morgan fingerprint density at radius 1 is 0.407 bits per heavy atom. The molecule has 7 aromatic carbocycles. The van der Waals surface area contributed by atoms with Gasteiger partial charge in [0.25, 0.3) is 0 Å². The van der Waals surface area contributed by atoms with Crippen LogP contribution in [0.2, 0.25) is 20.1 Å². The molecule has 2 aliphatic rings. The van der Waals surface area contributed by atoms with Crippen LogP contribution in [-0.2, 0) is 117 Å². The zero-order valence-electron chi connectivity index (χ0n) is 68.7. The Hall–Kier alpha value is -11.6. The lowest BCUT2D eigenvalue weighted by molar-refractivity contribution is -0.147. The van der Waals surface area contributed by atoms with Crippen LogP contribution in [0.25, 0.3) is 0 Å². The molecule has 123 heavy (non-hydrogen) atoms. The van der Waals surface area contributed by atoms with Gasteiger partial charge in [-0.25, -0.2) is 4.79 Å². The summed E-state index contributed by atoms with van der Waals surface area (Å²) in [6.07, 6.45) is -2.23. The van der Waals surface area contributed by atoms with Crippen LogP contribution in [0.4, 0.5) is 0 Å². The van der Waals surface area contributed by atoms with Gasteiger partial charge in [0.1, 0.15) is 92.3 Å². The standard InChI is InChI=1S/C91H103Cl4N9O19/c1-5-56(4)82(102-88(115)77-30-17-45-103(77)89(116)71(40-44-81(109)123-52-61-23-13-8-14-24-61)98-84(111)72(48-57-19-9-6-10-20-57)96-78(105)41-42-79(106)107)90(117)104-46-18-29-76(104)87(114)97-70(39-43-80(108)122-51-60-21-11-7-12-22-60)83(110)99-73(49-58-31-35-62(36-32-58)120-53-64-66(92)25-15-26-67(64)93)85(112)100-74(86(113)101-75(91(118)119)47-55(2)3)50-59-33-37-63(38-34-59)121-54-65-68(94)27-16-28-69(65)95/h6-16,19-28,31-38,55-56,70-77,82H,5,17-18,29-30,39-54H2,1-4H3,(H,96,105)(H,97,114)(H,98,111)(H,99,110)(H,100,112)(H,101,113)(H,102,115)(H,106,107)(H,118,119)/t56-,70-,71-,72-,73-,74-,75-,76-,77-,82-/m0/s1. The maximum Gasteiger partial charge on any atom is 0.326 e. The van der Waals surface area contributed by atoms with Crippen molar-refractivity contribution in [3.63, 3.8) is 0 Å². The minimum atomic E-state index is -1.66. The van der Waals surface area contributed by atoms with Crippen molar-refractivity contribution in [3.8, 4) is 11.5 Å². The molecule has 7 aromatic rings. The van der Waals surface area contributed by atoms with Gasteiger partial charge in [-0.05, 0) is 133 Å². The Labute approximate surface area is 733 Å². The largest absolute Gasteiger partial charge is 0.489 e. The van der Waals surface area contributed by atoms with E-state index in [1.54, 1.807) is 204 Å². The number of carbonyl (C=O) groups excluding carboxylic acids is 11. The molecule has 32 heteroatoms. The molecular formula is C91H103Cl4N9O19. The fraction of sp³-hybridized carbons (Fsp3) is 0.396. The number of nitrogens with zero attached hydrogens (tertiary/aromatic N) is 2. The average molecular weight is 1770 g/mol. The fourth-order valence-corrected chi connectivity index (χ4v) is 15.2. The zero-order chi connectivity index (χ0) is 88.7. The number of nitrogens with one attached hydrogen (secondary N) is 7. The Balaban J connectivity index is 0.975. The molecule has 0 aromatic heterocycles. The van der Waals surface area contributed by atoms with E-state index in [9.17, 15) is 43.8 Å². The first-order chi connectivity index (χ1) is 59.0. The molecule has 9 amide bonds. The molecule has 0 aliphatic carbocycles. The van der Waals surface area contributed by atoms with Crippen LogP contribution in [0.5, 0.6) is 11.5 Å². The van der Waals surface area contributed by atoms with E-state index in [-0.39, 0.29) is 103 Å². The van der Waals surface area contributed by atoms with Crippen molar-refractivity contribution in [2.24, 2.45) is 11.8 Å². The SMILES string of the molecule is CC[C@H](C)[C@H](NC(=O)[C@@H]1CCCN1C(=O)[C@H](CCC(=O)OCc1ccccc1)NC(=O)[C@H](Cc1ccccc1)NC(=O)CCC(=O)O)C(=O)N1CCC[C@H]1C(=O)N[C@@H](CCC(=O)OCc1ccccc1)C(=O)N[C@@H](Cc1ccc(OCc2c(Cl)cccc2Cl)cc1)C(=O)N[C@@H](Cc1ccc(OCc2c(Cl)cccc2Cl)cc1)C(=O)N[C@@H](CC(C)C)C(=O)O. The van der Waals surface area contributed by atoms with Gasteiger partial charge in [-0.1, -0.05) is 208 Å². The van der Waals surface area contributed by atoms with E-state index in [1.807, 2.05) is 0 Å². The number of carboxylic acids is 2. The number of aliphatic carboxylic acids is 2. The second kappa shape index (κ2) is 47.7. The second-order valence-corrected chi connectivity index (χ2v) is 32.4. The maximum absolute atomic E-state index is 15.5. The van der Waals surface area contributed by atoms with Crippen LogP contribution in [-0.4, -0.2) is 165 Å². The summed E-state index contributed by atoms with van der Waals surface area (Å²) in [6.45, 7) is 6.78. The van der Waals surface area contributed by atoms with Crippen molar-refractivity contribution in [1.82, 2.24) is 47.0 Å². The van der Waals surface area contributed by atoms with E-state index in [0.717, 1.165) is 0 Å². The summed E-state index contributed by atoms with van der Waals surface area (Å²) in [4.78, 5) is 188. The summed E-state index contributed by atoms with van der Waals surface area (Å²) in [7, 11) is 0. The van der Waals surface area contributed by atoms with E-state index >= 15 is 28.8 Å². The highest BCUT2D eigenvalue weighted by Crippen LogP contribution is 2.30. The molecule has 0 bridgehead atoms. The molecular weight excluding hydrogens is 1660 g/mol. The molecule has 0 spiro atoms. The first-order valence-corrected chi connectivity index (χ1v) is 42.4. The van der Waals surface area contributed by atoms with Crippen molar-refractivity contribution in [2.75, 3.05) is 13.1 Å². The summed E-state index contributed by atoms with van der Waals surface area (Å²) in [5.41, 5.74) is 3.91. The highest BCUT2D eigenvalue weighted by atomic mass is 35.5. The lowest BCUT2D eigenvalue weighted by Gasteiger charge is -2.34. The number of likely N-dealkylation sites (tertiary alicyclic amines) is 2. The Bertz CT molecular complexity index is 4770. The number of rotatable bonds is 45. The molecule has 0 saturated carbocycles. The Kier molecular flexibility index (Phi) is 37.0. The van der Waals surface area contributed by atoms with E-state index < -0.39 is 169 Å². The maximum atomic E-state index is 15.5. The lowest BCUT2D eigenvalue weighted by Crippen LogP contribution is -2.61. The van der Waals surface area contributed by atoms with Crippen LogP contribution < -0.4 is 46.7 Å². The third-order valence-corrected chi connectivity index (χ3v) is 22.6. The normalized spacial score (nSPS) is 15.6. The van der Waals surface area contributed by atoms with Gasteiger partial charge in [-0.15, -0.1) is 0 Å². The quantitative estimate of drug-likeness (QED) is 0.0160. The van der Waals surface area contributed by atoms with Gasteiger partial charge >= 0.3 is 23.9 Å². The number of carboxylic acid groups (broad SMARTS) is 2. The lowest BCUT2D eigenvalue weighted by atomic mass is 9.96. The third-order valence-electron chi connectivity index (χ3n) is 21.2. The van der Waals surface area contributed by atoms with E-state index in [1.165, 1.54) is 9.80 Å². The minimum Gasteiger partial charge on any atom is -0.489 e. The van der Waals surface area contributed by atoms with Gasteiger partial charge in [0.2, 0.25) is 53.2 Å². The smallest absolute Gasteiger partial charge is 0.326 e. The first kappa shape index (κ1) is 95.2. The second-order valence-electron chi connectivity index (χ2n) is 30.8. The van der Waals surface area contributed by atoms with Gasteiger partial charge in [0.15, 0.2) is 0 Å². The number of ether oxygens (including phenoxy) is 4.